The number of amides is 1. The largest absolute Gasteiger partial charge is 0.497 e. The van der Waals surface area contributed by atoms with Gasteiger partial charge in [-0.05, 0) is 42.0 Å². The Balaban J connectivity index is 1.83. The number of ether oxygens (including phenoxy) is 3. The fourth-order valence-electron chi connectivity index (χ4n) is 3.27. The molecule has 1 heterocycles. The molecule has 148 valence electrons. The van der Waals surface area contributed by atoms with Gasteiger partial charge in [0.15, 0.2) is 5.78 Å². The molecule has 0 bridgehead atoms. The molecule has 6 nitrogen and oxygen atoms in total. The van der Waals surface area contributed by atoms with E-state index in [2.05, 4.69) is 0 Å². The van der Waals surface area contributed by atoms with Crippen LogP contribution in [0.2, 0.25) is 0 Å². The molecule has 2 aromatic carbocycles. The van der Waals surface area contributed by atoms with E-state index in [1.54, 1.807) is 43.4 Å². The van der Waals surface area contributed by atoms with Gasteiger partial charge in [0.05, 0.1) is 33.4 Å². The molecule has 0 aliphatic carbocycles. The number of Topliss-reactive ketones (excluding diaryl/α,β-unsaturated/α-hetero) is 1. The van der Waals surface area contributed by atoms with Gasteiger partial charge in [-0.15, -0.1) is 0 Å². The van der Waals surface area contributed by atoms with Crippen LogP contribution in [-0.4, -0.2) is 57.1 Å². The Bertz CT molecular complexity index is 795. The van der Waals surface area contributed by atoms with Crippen molar-refractivity contribution in [2.45, 2.75) is 12.3 Å². The van der Waals surface area contributed by atoms with Crippen molar-refractivity contribution in [2.75, 3.05) is 40.5 Å². The van der Waals surface area contributed by atoms with Crippen LogP contribution in [0.1, 0.15) is 28.3 Å². The average molecular weight is 383 g/mol. The highest BCUT2D eigenvalue weighted by atomic mass is 16.5. The third kappa shape index (κ3) is 4.70. The third-order valence-electron chi connectivity index (χ3n) is 4.94. The predicted octanol–water partition coefficient (Wildman–Crippen LogP) is 2.92. The molecule has 1 aliphatic rings. The van der Waals surface area contributed by atoms with Crippen LogP contribution in [-0.2, 0) is 9.53 Å². The molecule has 0 N–H and O–H groups in total. The number of carbonyl (C=O) groups excluding carboxylic acids is 2. The first-order chi connectivity index (χ1) is 13.6. The van der Waals surface area contributed by atoms with E-state index >= 15 is 0 Å². The number of carbonyl (C=O) groups is 2. The SMILES string of the molecule is COc1ccc(C(=O)C[C@@H](C(=O)N2CCOCC2)c2ccc(OC)cc2)cc1. The van der Waals surface area contributed by atoms with Gasteiger partial charge in [0.2, 0.25) is 5.91 Å². The number of methoxy groups -OCH3 is 2. The summed E-state index contributed by atoms with van der Waals surface area (Å²) in [5.41, 5.74) is 1.37. The summed E-state index contributed by atoms with van der Waals surface area (Å²) in [6.45, 7) is 2.13. The highest BCUT2D eigenvalue weighted by molar-refractivity contribution is 6.00. The Labute approximate surface area is 165 Å². The first-order valence-electron chi connectivity index (χ1n) is 9.30. The summed E-state index contributed by atoms with van der Waals surface area (Å²) in [5, 5.41) is 0. The van der Waals surface area contributed by atoms with Crippen molar-refractivity contribution >= 4 is 11.7 Å². The van der Waals surface area contributed by atoms with Crippen LogP contribution >= 0.6 is 0 Å². The Morgan fingerprint density at radius 3 is 2.00 bits per heavy atom. The van der Waals surface area contributed by atoms with Crippen LogP contribution in [0.15, 0.2) is 48.5 Å². The minimum Gasteiger partial charge on any atom is -0.497 e. The van der Waals surface area contributed by atoms with E-state index < -0.39 is 5.92 Å². The Morgan fingerprint density at radius 1 is 0.929 bits per heavy atom. The highest BCUT2D eigenvalue weighted by Crippen LogP contribution is 2.27. The van der Waals surface area contributed by atoms with Crippen LogP contribution in [0.4, 0.5) is 0 Å². The molecule has 6 heteroatoms. The molecule has 0 saturated carbocycles. The summed E-state index contributed by atoms with van der Waals surface area (Å²) in [6, 6.07) is 14.3. The van der Waals surface area contributed by atoms with Crippen molar-refractivity contribution in [3.63, 3.8) is 0 Å². The van der Waals surface area contributed by atoms with Gasteiger partial charge in [-0.3, -0.25) is 9.59 Å². The number of rotatable bonds is 7. The Hall–Kier alpha value is -2.86. The van der Waals surface area contributed by atoms with Crippen LogP contribution in [0.25, 0.3) is 0 Å². The summed E-state index contributed by atoms with van der Waals surface area (Å²) < 4.78 is 15.7. The molecule has 0 radical (unpaired) electrons. The molecule has 0 spiro atoms. The van der Waals surface area contributed by atoms with E-state index in [0.29, 0.717) is 43.4 Å². The number of hydrogen-bond acceptors (Lipinski definition) is 5. The minimum atomic E-state index is -0.543. The fourth-order valence-corrected chi connectivity index (χ4v) is 3.27. The van der Waals surface area contributed by atoms with Gasteiger partial charge >= 0.3 is 0 Å². The molecular weight excluding hydrogens is 358 g/mol. The molecule has 1 fully saturated rings. The van der Waals surface area contributed by atoms with E-state index in [4.69, 9.17) is 14.2 Å². The molecule has 2 aromatic rings. The van der Waals surface area contributed by atoms with Crippen LogP contribution in [0, 0.1) is 0 Å². The van der Waals surface area contributed by atoms with Gasteiger partial charge < -0.3 is 19.1 Å². The van der Waals surface area contributed by atoms with Gasteiger partial charge in [-0.1, -0.05) is 12.1 Å². The topological polar surface area (TPSA) is 65.1 Å². The lowest BCUT2D eigenvalue weighted by molar-refractivity contribution is -0.136. The third-order valence-corrected chi connectivity index (χ3v) is 4.94. The van der Waals surface area contributed by atoms with Crippen LogP contribution in [0.3, 0.4) is 0 Å². The second kappa shape index (κ2) is 9.37. The molecule has 3 rings (SSSR count). The van der Waals surface area contributed by atoms with Crippen LogP contribution < -0.4 is 9.47 Å². The second-order valence-corrected chi connectivity index (χ2v) is 6.62. The first kappa shape index (κ1) is 19.9. The fraction of sp³-hybridized carbons (Fsp3) is 0.364. The van der Waals surface area contributed by atoms with Crippen molar-refractivity contribution < 1.29 is 23.8 Å². The van der Waals surface area contributed by atoms with Gasteiger partial charge in [0.25, 0.3) is 0 Å². The molecular formula is C22H25NO5. The van der Waals surface area contributed by atoms with Crippen LogP contribution in [0.5, 0.6) is 11.5 Å². The smallest absolute Gasteiger partial charge is 0.230 e. The van der Waals surface area contributed by atoms with E-state index in [-0.39, 0.29) is 18.1 Å². The first-order valence-corrected chi connectivity index (χ1v) is 9.30. The van der Waals surface area contributed by atoms with E-state index in [9.17, 15) is 9.59 Å². The van der Waals surface area contributed by atoms with E-state index in [1.165, 1.54) is 0 Å². The minimum absolute atomic E-state index is 0.0460. The van der Waals surface area contributed by atoms with Gasteiger partial charge in [0, 0.05) is 25.1 Å². The van der Waals surface area contributed by atoms with Crippen molar-refractivity contribution in [1.29, 1.82) is 0 Å². The van der Waals surface area contributed by atoms with E-state index in [0.717, 1.165) is 5.56 Å². The number of nitrogens with zero attached hydrogens (tertiary/aromatic N) is 1. The standard InChI is InChI=1S/C22H25NO5/c1-26-18-7-3-16(4-8-18)20(22(25)23-11-13-28-14-12-23)15-21(24)17-5-9-19(27-2)10-6-17/h3-10,20H,11-15H2,1-2H3/t20-/m1/s1. The Morgan fingerprint density at radius 2 is 1.46 bits per heavy atom. The monoisotopic (exact) mass is 383 g/mol. The molecule has 1 saturated heterocycles. The summed E-state index contributed by atoms with van der Waals surface area (Å²) in [7, 11) is 3.18. The zero-order valence-corrected chi connectivity index (χ0v) is 16.2. The normalized spacial score (nSPS) is 15.0. The molecule has 1 atom stereocenters. The number of benzene rings is 2. The van der Waals surface area contributed by atoms with Crippen molar-refractivity contribution in [3.05, 3.63) is 59.7 Å². The number of hydrogen-bond donors (Lipinski definition) is 0. The maximum absolute atomic E-state index is 13.2. The molecule has 0 aromatic heterocycles. The van der Waals surface area contributed by atoms with Crippen molar-refractivity contribution in [2.24, 2.45) is 0 Å². The lowest BCUT2D eigenvalue weighted by Gasteiger charge is -2.30. The average Bonchev–Trinajstić information content (AvgIpc) is 2.77. The lowest BCUT2D eigenvalue weighted by atomic mass is 9.90. The molecule has 1 amide bonds. The number of morpholine rings is 1. The molecule has 1 aliphatic heterocycles. The summed E-state index contributed by atoms with van der Waals surface area (Å²) in [5.74, 6) is 0.731. The predicted molar refractivity (Wildman–Crippen MR) is 105 cm³/mol. The summed E-state index contributed by atoms with van der Waals surface area (Å²) in [4.78, 5) is 27.8. The molecule has 28 heavy (non-hydrogen) atoms. The summed E-state index contributed by atoms with van der Waals surface area (Å²) >= 11 is 0. The van der Waals surface area contributed by atoms with Crippen molar-refractivity contribution in [1.82, 2.24) is 4.90 Å². The quantitative estimate of drug-likeness (QED) is 0.688. The zero-order valence-electron chi connectivity index (χ0n) is 16.2. The lowest BCUT2D eigenvalue weighted by Crippen LogP contribution is -2.43. The van der Waals surface area contributed by atoms with Gasteiger partial charge in [-0.2, -0.15) is 0 Å². The second-order valence-electron chi connectivity index (χ2n) is 6.62. The maximum Gasteiger partial charge on any atom is 0.230 e. The van der Waals surface area contributed by atoms with E-state index in [1.807, 2.05) is 24.3 Å². The zero-order chi connectivity index (χ0) is 19.9. The van der Waals surface area contributed by atoms with Gasteiger partial charge in [-0.25, -0.2) is 0 Å². The van der Waals surface area contributed by atoms with Crippen molar-refractivity contribution in [3.8, 4) is 11.5 Å². The molecule has 0 unspecified atom stereocenters. The maximum atomic E-state index is 13.2. The summed E-state index contributed by atoms with van der Waals surface area (Å²) in [6.07, 6.45) is 0.106. The van der Waals surface area contributed by atoms with Gasteiger partial charge in [0.1, 0.15) is 11.5 Å². The Kier molecular flexibility index (Phi) is 6.66. The highest BCUT2D eigenvalue weighted by Gasteiger charge is 2.29. The number of ketones is 1.